The van der Waals surface area contributed by atoms with Crippen LogP contribution in [0.2, 0.25) is 0 Å². The molecule has 0 aliphatic carbocycles. The summed E-state index contributed by atoms with van der Waals surface area (Å²) in [7, 11) is 0. The van der Waals surface area contributed by atoms with Crippen LogP contribution in [0, 0.1) is 0 Å². The molecule has 0 aliphatic heterocycles. The molecule has 0 aliphatic rings. The summed E-state index contributed by atoms with van der Waals surface area (Å²) < 4.78 is 0. The quantitative estimate of drug-likeness (QED) is 0.492. The summed E-state index contributed by atoms with van der Waals surface area (Å²) in [5, 5.41) is 1.49. The van der Waals surface area contributed by atoms with Gasteiger partial charge >= 0.3 is 0 Å². The molecule has 50 valence electrons. The smallest absolute Gasteiger partial charge is 0.0391 e. The third-order valence-corrected chi connectivity index (χ3v) is 1.84. The lowest BCUT2D eigenvalue weighted by molar-refractivity contribution is 1.71. The predicted molar refractivity (Wildman–Crippen MR) is 47.1 cm³/mol. The minimum atomic E-state index is 0.704. The maximum atomic E-state index is 5.63. The zero-order chi connectivity index (χ0) is 7.11. The minimum Gasteiger partial charge on any atom is -0.0991 e. The van der Waals surface area contributed by atoms with Gasteiger partial charge in [0.1, 0.15) is 0 Å². The van der Waals surface area contributed by atoms with E-state index in [4.69, 9.17) is 11.6 Å². The molecule has 0 aromatic heterocycles. The van der Waals surface area contributed by atoms with Crippen LogP contribution in [0.5, 0.6) is 0 Å². The molecule has 0 unspecified atom stereocenters. The monoisotopic (exact) mass is 206 g/mol. The van der Waals surface area contributed by atoms with Gasteiger partial charge in [-0.1, -0.05) is 52.3 Å². The van der Waals surface area contributed by atoms with E-state index in [0.29, 0.717) is 5.33 Å². The van der Waals surface area contributed by atoms with Crippen LogP contribution in [0.3, 0.4) is 0 Å². The van der Waals surface area contributed by atoms with Crippen molar-refractivity contribution in [1.82, 2.24) is 0 Å². The summed E-state index contributed by atoms with van der Waals surface area (Å²) in [6.45, 7) is 3.51. The molecule has 0 nitrogen and oxygen atoms in total. The lowest BCUT2D eigenvalue weighted by Gasteiger charge is -1.82. The van der Waals surface area contributed by atoms with Crippen LogP contribution in [0.15, 0.2) is 35.9 Å². The Morgan fingerprint density at radius 1 is 1.56 bits per heavy atom. The summed E-state index contributed by atoms with van der Waals surface area (Å²) >= 11 is 8.84. The fourth-order valence-electron chi connectivity index (χ4n) is 0.283. The number of hydrogen-bond acceptors (Lipinski definition) is 0. The second-order valence-electron chi connectivity index (χ2n) is 1.37. The average molecular weight is 207 g/mol. The van der Waals surface area contributed by atoms with Crippen LogP contribution in [0.1, 0.15) is 0 Å². The molecule has 9 heavy (non-hydrogen) atoms. The van der Waals surface area contributed by atoms with E-state index in [1.54, 1.807) is 6.08 Å². The Morgan fingerprint density at radius 2 is 2.22 bits per heavy atom. The van der Waals surface area contributed by atoms with Gasteiger partial charge in [-0.05, 0) is 6.08 Å². The molecule has 0 saturated heterocycles. The molecule has 2 heteroatoms. The largest absolute Gasteiger partial charge is 0.0991 e. The van der Waals surface area contributed by atoms with E-state index in [1.807, 2.05) is 18.2 Å². The van der Waals surface area contributed by atoms with E-state index in [-0.39, 0.29) is 0 Å². The van der Waals surface area contributed by atoms with Crippen LogP contribution < -0.4 is 0 Å². The fourth-order valence-corrected chi connectivity index (χ4v) is 0.543. The molecule has 0 radical (unpaired) electrons. The van der Waals surface area contributed by atoms with Crippen molar-refractivity contribution in [3.05, 3.63) is 35.9 Å². The maximum Gasteiger partial charge on any atom is 0.0391 e. The second kappa shape index (κ2) is 6.12. The van der Waals surface area contributed by atoms with Crippen LogP contribution in [-0.2, 0) is 0 Å². The molecule has 0 bridgehead atoms. The zero-order valence-electron chi connectivity index (χ0n) is 4.98. The Kier molecular flexibility index (Phi) is 6.11. The highest BCUT2D eigenvalue weighted by Gasteiger charge is 1.80. The molecule has 0 amide bonds. The van der Waals surface area contributed by atoms with Crippen LogP contribution in [0.25, 0.3) is 0 Å². The minimum absolute atomic E-state index is 0.704. The molecule has 0 fully saturated rings. The van der Waals surface area contributed by atoms with E-state index in [0.717, 1.165) is 5.03 Å². The van der Waals surface area contributed by atoms with Crippen molar-refractivity contribution in [1.29, 1.82) is 0 Å². The number of hydrogen-bond donors (Lipinski definition) is 0. The van der Waals surface area contributed by atoms with E-state index in [1.165, 1.54) is 0 Å². The van der Waals surface area contributed by atoms with E-state index >= 15 is 0 Å². The van der Waals surface area contributed by atoms with Gasteiger partial charge < -0.3 is 0 Å². The highest BCUT2D eigenvalue weighted by atomic mass is 79.9. The predicted octanol–water partition coefficient (Wildman–Crippen LogP) is 3.25. The summed E-state index contributed by atoms with van der Waals surface area (Å²) in [4.78, 5) is 0. The molecule has 0 N–H and O–H groups in total. The Balaban J connectivity index is 3.67. The lowest BCUT2D eigenvalue weighted by atomic mass is 10.4. The topological polar surface area (TPSA) is 0 Å². The SMILES string of the molecule is C=C/C=C\C=C(\Cl)CBr. The zero-order valence-corrected chi connectivity index (χ0v) is 7.32. The highest BCUT2D eigenvalue weighted by Crippen LogP contribution is 2.04. The fraction of sp³-hybridized carbons (Fsp3) is 0.143. The molecule has 0 aromatic carbocycles. The number of halogens is 2. The summed E-state index contributed by atoms with van der Waals surface area (Å²) in [6.07, 6.45) is 7.19. The van der Waals surface area contributed by atoms with Gasteiger partial charge in [0.2, 0.25) is 0 Å². The van der Waals surface area contributed by atoms with Crippen molar-refractivity contribution in [2.24, 2.45) is 0 Å². The van der Waals surface area contributed by atoms with Crippen molar-refractivity contribution in [3.8, 4) is 0 Å². The molecular weight excluding hydrogens is 199 g/mol. The lowest BCUT2D eigenvalue weighted by Crippen LogP contribution is -1.66. The van der Waals surface area contributed by atoms with Gasteiger partial charge in [0, 0.05) is 10.4 Å². The number of rotatable bonds is 3. The van der Waals surface area contributed by atoms with Crippen molar-refractivity contribution in [3.63, 3.8) is 0 Å². The van der Waals surface area contributed by atoms with Crippen LogP contribution in [0.4, 0.5) is 0 Å². The molecule has 0 spiro atoms. The highest BCUT2D eigenvalue weighted by molar-refractivity contribution is 9.09. The molecule has 0 aromatic rings. The first-order valence-electron chi connectivity index (χ1n) is 2.51. The first-order valence-corrected chi connectivity index (χ1v) is 4.01. The first kappa shape index (κ1) is 8.99. The van der Waals surface area contributed by atoms with Gasteiger partial charge in [-0.2, -0.15) is 0 Å². The van der Waals surface area contributed by atoms with Gasteiger partial charge in [0.15, 0.2) is 0 Å². The molecular formula is C7H8BrCl. The number of allylic oxidation sites excluding steroid dienone is 5. The molecule has 0 saturated carbocycles. The molecule has 0 rings (SSSR count). The van der Waals surface area contributed by atoms with Gasteiger partial charge in [-0.3, -0.25) is 0 Å². The second-order valence-corrected chi connectivity index (χ2v) is 2.41. The van der Waals surface area contributed by atoms with Crippen molar-refractivity contribution in [2.75, 3.05) is 5.33 Å². The summed E-state index contributed by atoms with van der Waals surface area (Å²) in [6, 6.07) is 0. The van der Waals surface area contributed by atoms with Crippen LogP contribution in [-0.4, -0.2) is 5.33 Å². The third kappa shape index (κ3) is 5.87. The normalized spacial score (nSPS) is 12.4. The molecule has 0 atom stereocenters. The van der Waals surface area contributed by atoms with Crippen molar-refractivity contribution < 1.29 is 0 Å². The first-order chi connectivity index (χ1) is 4.31. The van der Waals surface area contributed by atoms with E-state index in [9.17, 15) is 0 Å². The maximum absolute atomic E-state index is 5.63. The van der Waals surface area contributed by atoms with E-state index < -0.39 is 0 Å². The standard InChI is InChI=1S/C7H8BrCl/c1-2-3-4-5-7(9)6-8/h2-5H,1,6H2/b4-3-,7-5+. The van der Waals surface area contributed by atoms with Crippen molar-refractivity contribution >= 4 is 27.5 Å². The third-order valence-electron chi connectivity index (χ3n) is 0.652. The van der Waals surface area contributed by atoms with Crippen LogP contribution >= 0.6 is 27.5 Å². The van der Waals surface area contributed by atoms with Gasteiger partial charge in [0.25, 0.3) is 0 Å². The van der Waals surface area contributed by atoms with Gasteiger partial charge in [-0.25, -0.2) is 0 Å². The van der Waals surface area contributed by atoms with Crippen molar-refractivity contribution in [2.45, 2.75) is 0 Å². The number of alkyl halides is 1. The Bertz CT molecular complexity index is 136. The Hall–Kier alpha value is -0.0100. The van der Waals surface area contributed by atoms with Gasteiger partial charge in [0.05, 0.1) is 0 Å². The van der Waals surface area contributed by atoms with Gasteiger partial charge in [-0.15, -0.1) is 0 Å². The average Bonchev–Trinajstić information content (AvgIpc) is 1.89. The summed E-state index contributed by atoms with van der Waals surface area (Å²) in [5.74, 6) is 0. The summed E-state index contributed by atoms with van der Waals surface area (Å²) in [5.41, 5.74) is 0. The van der Waals surface area contributed by atoms with E-state index in [2.05, 4.69) is 22.5 Å². The molecule has 0 heterocycles. The Morgan fingerprint density at radius 3 is 2.67 bits per heavy atom. The Labute approximate surface area is 69.0 Å².